The Morgan fingerprint density at radius 1 is 1.15 bits per heavy atom. The van der Waals surface area contributed by atoms with Crippen LogP contribution in [-0.4, -0.2) is 15.7 Å². The monoisotopic (exact) mass is 380 g/mol. The molecular weight excluding hydrogens is 369 g/mol. The fourth-order valence-electron chi connectivity index (χ4n) is 2.28. The molecule has 0 fully saturated rings. The molecule has 0 saturated carbocycles. The molecule has 134 valence electrons. The number of amides is 1. The molecule has 5 nitrogen and oxygen atoms in total. The number of alkyl halides is 3. The van der Waals surface area contributed by atoms with Crippen molar-refractivity contribution in [1.82, 2.24) is 9.78 Å². The summed E-state index contributed by atoms with van der Waals surface area (Å²) >= 11 is 5.78. The number of nitrogens with one attached hydrogen (secondary N) is 1. The van der Waals surface area contributed by atoms with Crippen molar-refractivity contribution in [2.45, 2.75) is 6.18 Å². The molecule has 0 aliphatic heterocycles. The van der Waals surface area contributed by atoms with E-state index in [1.165, 1.54) is 18.3 Å². The number of nitrogens with zero attached hydrogens (tertiary/aromatic N) is 2. The second-order valence-electron chi connectivity index (χ2n) is 5.36. The highest BCUT2D eigenvalue weighted by atomic mass is 35.5. The quantitative estimate of drug-likeness (QED) is 0.708. The minimum atomic E-state index is -4.49. The zero-order valence-corrected chi connectivity index (χ0v) is 13.8. The number of halogens is 4. The fraction of sp³-hybridized carbons (Fsp3) is 0.0588. The van der Waals surface area contributed by atoms with Crippen LogP contribution in [-0.2, 0) is 6.18 Å². The summed E-state index contributed by atoms with van der Waals surface area (Å²) in [5.41, 5.74) is 5.70. The molecule has 1 heterocycles. The first-order valence-corrected chi connectivity index (χ1v) is 7.71. The van der Waals surface area contributed by atoms with Crippen LogP contribution in [0.4, 0.5) is 24.7 Å². The van der Waals surface area contributed by atoms with Gasteiger partial charge in [-0.2, -0.15) is 18.3 Å². The van der Waals surface area contributed by atoms with Crippen molar-refractivity contribution in [2.24, 2.45) is 0 Å². The molecule has 26 heavy (non-hydrogen) atoms. The number of nitrogen functional groups attached to an aromatic ring is 1. The molecule has 0 aliphatic carbocycles. The molecule has 0 unspecified atom stereocenters. The van der Waals surface area contributed by atoms with Gasteiger partial charge in [0.2, 0.25) is 0 Å². The molecule has 1 amide bonds. The van der Waals surface area contributed by atoms with E-state index in [1.54, 1.807) is 24.3 Å². The topological polar surface area (TPSA) is 72.9 Å². The molecule has 0 spiro atoms. The number of benzene rings is 2. The molecule has 0 atom stereocenters. The Hall–Kier alpha value is -3.00. The predicted octanol–water partition coefficient (Wildman–Crippen LogP) is 4.38. The second kappa shape index (κ2) is 6.72. The maximum Gasteiger partial charge on any atom is 0.416 e. The highest BCUT2D eigenvalue weighted by Crippen LogP contribution is 2.31. The van der Waals surface area contributed by atoms with Crippen LogP contribution in [0.3, 0.4) is 0 Å². The van der Waals surface area contributed by atoms with Crippen molar-refractivity contribution in [2.75, 3.05) is 11.1 Å². The van der Waals surface area contributed by atoms with Crippen LogP contribution in [0.1, 0.15) is 15.9 Å². The summed E-state index contributed by atoms with van der Waals surface area (Å²) in [7, 11) is 0. The van der Waals surface area contributed by atoms with Gasteiger partial charge in [0.25, 0.3) is 5.91 Å². The lowest BCUT2D eigenvalue weighted by molar-refractivity contribution is -0.137. The van der Waals surface area contributed by atoms with Crippen molar-refractivity contribution in [1.29, 1.82) is 0 Å². The van der Waals surface area contributed by atoms with E-state index >= 15 is 0 Å². The molecule has 0 bridgehead atoms. The summed E-state index contributed by atoms with van der Waals surface area (Å²) in [6, 6.07) is 10.9. The average molecular weight is 381 g/mol. The van der Waals surface area contributed by atoms with Crippen LogP contribution < -0.4 is 11.1 Å². The molecule has 0 radical (unpaired) electrons. The van der Waals surface area contributed by atoms with Gasteiger partial charge in [-0.3, -0.25) is 4.79 Å². The van der Waals surface area contributed by atoms with E-state index in [0.29, 0.717) is 10.7 Å². The van der Waals surface area contributed by atoms with Gasteiger partial charge in [0.1, 0.15) is 11.4 Å². The van der Waals surface area contributed by atoms with Gasteiger partial charge >= 0.3 is 6.18 Å². The molecule has 3 rings (SSSR count). The summed E-state index contributed by atoms with van der Waals surface area (Å²) < 4.78 is 39.6. The van der Waals surface area contributed by atoms with Gasteiger partial charge in [0.15, 0.2) is 0 Å². The Bertz CT molecular complexity index is 951. The van der Waals surface area contributed by atoms with Gasteiger partial charge < -0.3 is 11.1 Å². The van der Waals surface area contributed by atoms with Crippen LogP contribution in [0.25, 0.3) is 5.69 Å². The third kappa shape index (κ3) is 3.65. The van der Waals surface area contributed by atoms with Gasteiger partial charge in [0.05, 0.1) is 17.4 Å². The van der Waals surface area contributed by atoms with Crippen LogP contribution in [0.2, 0.25) is 5.02 Å². The van der Waals surface area contributed by atoms with Crippen LogP contribution in [0.5, 0.6) is 0 Å². The first-order chi connectivity index (χ1) is 12.3. The molecule has 0 aliphatic rings. The number of anilines is 2. The molecule has 1 aromatic heterocycles. The van der Waals surface area contributed by atoms with Crippen molar-refractivity contribution < 1.29 is 18.0 Å². The standard InChI is InChI=1S/C17H12ClF3N4O/c18-11-4-6-12(7-5-11)24-16(26)14-9-23-25(15(14)22)13-3-1-2-10(8-13)17(19,20)21/h1-9H,22H2,(H,24,26). The molecule has 3 N–H and O–H groups in total. The first kappa shape index (κ1) is 17.8. The maximum atomic E-state index is 12.9. The number of nitrogens with two attached hydrogens (primary N) is 1. The lowest BCUT2D eigenvalue weighted by Gasteiger charge is -2.10. The van der Waals surface area contributed by atoms with E-state index in [9.17, 15) is 18.0 Å². The lowest BCUT2D eigenvalue weighted by Crippen LogP contribution is -2.14. The van der Waals surface area contributed by atoms with Crippen LogP contribution in [0.15, 0.2) is 54.7 Å². The van der Waals surface area contributed by atoms with Crippen molar-refractivity contribution >= 4 is 29.0 Å². The third-order valence-electron chi connectivity index (χ3n) is 3.57. The zero-order chi connectivity index (χ0) is 18.9. The van der Waals surface area contributed by atoms with Gasteiger partial charge in [-0.1, -0.05) is 17.7 Å². The molecule has 0 saturated heterocycles. The average Bonchev–Trinajstić information content (AvgIpc) is 2.98. The fourth-order valence-corrected chi connectivity index (χ4v) is 2.41. The minimum absolute atomic E-state index is 0.0392. The SMILES string of the molecule is Nc1c(C(=O)Nc2ccc(Cl)cc2)cnn1-c1cccc(C(F)(F)F)c1. The van der Waals surface area contributed by atoms with Crippen molar-refractivity contribution in [3.63, 3.8) is 0 Å². The van der Waals surface area contributed by atoms with Crippen LogP contribution >= 0.6 is 11.6 Å². The number of hydrogen-bond donors (Lipinski definition) is 2. The zero-order valence-electron chi connectivity index (χ0n) is 13.1. The van der Waals surface area contributed by atoms with E-state index < -0.39 is 17.6 Å². The van der Waals surface area contributed by atoms with E-state index in [-0.39, 0.29) is 17.1 Å². The Morgan fingerprint density at radius 3 is 2.50 bits per heavy atom. The highest BCUT2D eigenvalue weighted by molar-refractivity contribution is 6.30. The minimum Gasteiger partial charge on any atom is -0.383 e. The summed E-state index contributed by atoms with van der Waals surface area (Å²) in [5.74, 6) is -0.612. The lowest BCUT2D eigenvalue weighted by atomic mass is 10.2. The molecule has 9 heteroatoms. The van der Waals surface area contributed by atoms with E-state index in [4.69, 9.17) is 17.3 Å². The van der Waals surface area contributed by atoms with E-state index in [2.05, 4.69) is 10.4 Å². The summed E-state index contributed by atoms with van der Waals surface area (Å²) in [6.45, 7) is 0. The summed E-state index contributed by atoms with van der Waals surface area (Å²) in [5, 5.41) is 7.06. The van der Waals surface area contributed by atoms with Gasteiger partial charge in [-0.15, -0.1) is 0 Å². The van der Waals surface area contributed by atoms with E-state index in [1.807, 2.05) is 0 Å². The summed E-state index contributed by atoms with van der Waals surface area (Å²) in [4.78, 5) is 12.3. The number of carbonyl (C=O) groups excluding carboxylic acids is 1. The first-order valence-electron chi connectivity index (χ1n) is 7.34. The molecular formula is C17H12ClF3N4O. The number of aromatic nitrogens is 2. The van der Waals surface area contributed by atoms with Gasteiger partial charge in [-0.05, 0) is 42.5 Å². The molecule has 2 aromatic carbocycles. The van der Waals surface area contributed by atoms with Crippen LogP contribution in [0, 0.1) is 0 Å². The predicted molar refractivity (Wildman–Crippen MR) is 92.4 cm³/mol. The van der Waals surface area contributed by atoms with Crippen molar-refractivity contribution in [3.05, 3.63) is 70.9 Å². The number of carbonyl (C=O) groups is 1. The van der Waals surface area contributed by atoms with E-state index in [0.717, 1.165) is 16.8 Å². The Kier molecular flexibility index (Phi) is 4.60. The Labute approximate surface area is 151 Å². The Balaban J connectivity index is 1.88. The smallest absolute Gasteiger partial charge is 0.383 e. The largest absolute Gasteiger partial charge is 0.416 e. The van der Waals surface area contributed by atoms with Gasteiger partial charge in [0, 0.05) is 10.7 Å². The Morgan fingerprint density at radius 2 is 1.85 bits per heavy atom. The third-order valence-corrected chi connectivity index (χ3v) is 3.82. The second-order valence-corrected chi connectivity index (χ2v) is 5.80. The summed E-state index contributed by atoms with van der Waals surface area (Å²) in [6.07, 6.45) is -3.30. The maximum absolute atomic E-state index is 12.9. The number of rotatable bonds is 3. The normalized spacial score (nSPS) is 11.4. The number of hydrogen-bond acceptors (Lipinski definition) is 3. The highest BCUT2D eigenvalue weighted by Gasteiger charge is 2.30. The van der Waals surface area contributed by atoms with Gasteiger partial charge in [-0.25, -0.2) is 4.68 Å². The van der Waals surface area contributed by atoms with Crippen molar-refractivity contribution in [3.8, 4) is 5.69 Å². The molecule has 3 aromatic rings.